The number of aliphatic hydroxyl groups excluding tert-OH is 1. The summed E-state index contributed by atoms with van der Waals surface area (Å²) in [6, 6.07) is 8.50. The summed E-state index contributed by atoms with van der Waals surface area (Å²) in [5.74, 6) is -1.58. The van der Waals surface area contributed by atoms with Gasteiger partial charge in [0.2, 0.25) is 5.91 Å². The minimum absolute atomic E-state index is 0.375. The average molecular weight is 390 g/mol. The molecule has 1 N–H and O–H groups in total. The summed E-state index contributed by atoms with van der Waals surface area (Å²) in [6.07, 6.45) is -2.53. The van der Waals surface area contributed by atoms with Crippen LogP contribution in [0, 0.1) is 6.92 Å². The lowest BCUT2D eigenvalue weighted by molar-refractivity contribution is -0.130. The molecule has 2 amide bonds. The van der Waals surface area contributed by atoms with Gasteiger partial charge in [-0.25, -0.2) is 19.1 Å². The van der Waals surface area contributed by atoms with Crippen molar-refractivity contribution >= 4 is 29.4 Å². The molecule has 0 unspecified atom stereocenters. The van der Waals surface area contributed by atoms with E-state index in [2.05, 4.69) is 4.98 Å². The third-order valence-corrected chi connectivity index (χ3v) is 5.07. The highest BCUT2D eigenvalue weighted by molar-refractivity contribution is 7.09. The molecule has 3 atom stereocenters. The fourth-order valence-corrected chi connectivity index (χ4v) is 3.50. The number of aryl methyl sites for hydroxylation is 1. The second-order valence-electron chi connectivity index (χ2n) is 6.26. The fraction of sp³-hybridized carbons (Fsp3) is 0.316. The van der Waals surface area contributed by atoms with E-state index in [9.17, 15) is 19.1 Å². The molecule has 1 aliphatic rings. The molecule has 2 aromatic rings. The number of nitrogens with zero attached hydrogens (tertiary/aromatic N) is 2. The van der Waals surface area contributed by atoms with Crippen LogP contribution in [0.2, 0.25) is 0 Å². The van der Waals surface area contributed by atoms with Gasteiger partial charge in [-0.2, -0.15) is 0 Å². The summed E-state index contributed by atoms with van der Waals surface area (Å²) < 4.78 is 19.5. The Morgan fingerprint density at radius 1 is 1.44 bits per heavy atom. The Morgan fingerprint density at radius 3 is 2.78 bits per heavy atom. The number of thiazole rings is 1. The number of ether oxygens (including phenoxy) is 1. The van der Waals surface area contributed by atoms with Crippen LogP contribution in [0.25, 0.3) is 6.08 Å². The number of carbonyl (C=O) groups is 2. The summed E-state index contributed by atoms with van der Waals surface area (Å²) >= 11 is 1.35. The van der Waals surface area contributed by atoms with Crippen molar-refractivity contribution in [1.29, 1.82) is 0 Å². The monoisotopic (exact) mass is 390 g/mol. The van der Waals surface area contributed by atoms with E-state index < -0.39 is 42.5 Å². The molecular formula is C19H19FN2O4S. The van der Waals surface area contributed by atoms with Crippen molar-refractivity contribution < 1.29 is 23.8 Å². The molecule has 0 radical (unpaired) electrons. The lowest BCUT2D eigenvalue weighted by Gasteiger charge is -2.20. The van der Waals surface area contributed by atoms with Gasteiger partial charge in [0.05, 0.1) is 23.2 Å². The zero-order valence-corrected chi connectivity index (χ0v) is 15.6. The van der Waals surface area contributed by atoms with Gasteiger partial charge in [0.15, 0.2) is 0 Å². The molecule has 0 aliphatic carbocycles. The lowest BCUT2D eigenvalue weighted by Crippen LogP contribution is -2.39. The molecule has 2 heterocycles. The molecule has 1 fully saturated rings. The van der Waals surface area contributed by atoms with Crippen molar-refractivity contribution in [1.82, 2.24) is 9.88 Å². The summed E-state index contributed by atoms with van der Waals surface area (Å²) in [6.45, 7) is 3.46. The number of hydrogen-bond donors (Lipinski definition) is 1. The number of amides is 2. The Kier molecular flexibility index (Phi) is 5.67. The first kappa shape index (κ1) is 19.2. The van der Waals surface area contributed by atoms with Crippen LogP contribution >= 0.6 is 11.3 Å². The predicted molar refractivity (Wildman–Crippen MR) is 98.5 cm³/mol. The van der Waals surface area contributed by atoms with E-state index in [-0.39, 0.29) is 0 Å². The minimum Gasteiger partial charge on any atom is -0.439 e. The molecule has 142 valence electrons. The third-order valence-electron chi connectivity index (χ3n) is 4.28. The Hall–Kier alpha value is -2.58. The normalized spacial score (nSPS) is 21.3. The summed E-state index contributed by atoms with van der Waals surface area (Å²) in [5.41, 5.74) is 1.14. The molecule has 1 aromatic carbocycles. The van der Waals surface area contributed by atoms with Gasteiger partial charge in [-0.15, -0.1) is 11.3 Å². The van der Waals surface area contributed by atoms with Crippen molar-refractivity contribution in [2.75, 3.05) is 0 Å². The predicted octanol–water partition coefficient (Wildman–Crippen LogP) is 3.62. The summed E-state index contributed by atoms with van der Waals surface area (Å²) in [7, 11) is 0. The number of halogens is 1. The van der Waals surface area contributed by atoms with E-state index >= 15 is 0 Å². The first-order valence-corrected chi connectivity index (χ1v) is 9.29. The number of rotatable bonds is 5. The highest BCUT2D eigenvalue weighted by atomic mass is 32.1. The van der Waals surface area contributed by atoms with Crippen LogP contribution in [0.1, 0.15) is 35.7 Å². The van der Waals surface area contributed by atoms with Gasteiger partial charge in [0.1, 0.15) is 18.0 Å². The molecule has 0 spiro atoms. The summed E-state index contributed by atoms with van der Waals surface area (Å²) in [4.78, 5) is 29.6. The largest absolute Gasteiger partial charge is 0.439 e. The molecule has 3 rings (SSSR count). The molecule has 6 nitrogen and oxygen atoms in total. The van der Waals surface area contributed by atoms with Crippen LogP contribution in [-0.4, -0.2) is 39.1 Å². The number of aliphatic hydroxyl groups is 1. The van der Waals surface area contributed by atoms with Gasteiger partial charge in [-0.05, 0) is 25.5 Å². The highest BCUT2D eigenvalue weighted by Gasteiger charge is 2.43. The Bertz CT molecular complexity index is 868. The molecule has 1 aromatic heterocycles. The number of imide groups is 1. The van der Waals surface area contributed by atoms with Gasteiger partial charge >= 0.3 is 6.09 Å². The molecule has 0 saturated carbocycles. The van der Waals surface area contributed by atoms with E-state index in [0.717, 1.165) is 21.5 Å². The van der Waals surface area contributed by atoms with Crippen LogP contribution < -0.4 is 0 Å². The number of carbonyl (C=O) groups excluding carboxylic acids is 2. The van der Waals surface area contributed by atoms with Crippen LogP contribution in [0.4, 0.5) is 9.18 Å². The topological polar surface area (TPSA) is 79.7 Å². The van der Waals surface area contributed by atoms with Crippen LogP contribution in [0.5, 0.6) is 0 Å². The zero-order valence-electron chi connectivity index (χ0n) is 14.8. The number of benzene rings is 1. The van der Waals surface area contributed by atoms with E-state index in [0.29, 0.717) is 5.69 Å². The lowest BCUT2D eigenvalue weighted by atomic mass is 10.0. The first-order chi connectivity index (χ1) is 12.9. The molecule has 1 aliphatic heterocycles. The van der Waals surface area contributed by atoms with Crippen LogP contribution in [0.3, 0.4) is 0 Å². The second kappa shape index (κ2) is 7.98. The van der Waals surface area contributed by atoms with Gasteiger partial charge < -0.3 is 9.84 Å². The number of cyclic esters (lactones) is 1. The standard InChI is InChI=1S/C19H19FN2O4S/c1-11-18(13-6-4-3-5-7-13)26-19(25)22(11)17(24)9-16(23)15(20)8-14-10-27-12(2)21-14/h3-8,10-11,16,18,23H,9H2,1-2H3/b15-8+/t11-,16-,18-/m0/s1. The van der Waals surface area contributed by atoms with Gasteiger partial charge in [-0.3, -0.25) is 4.79 Å². The minimum atomic E-state index is -1.66. The SMILES string of the molecule is Cc1nc(/C=C(/F)[C@@H](O)CC(=O)N2C(=O)O[C@H](c3ccccc3)[C@@H]2C)cs1. The average Bonchev–Trinajstić information content (AvgIpc) is 3.17. The van der Waals surface area contributed by atoms with Crippen molar-refractivity contribution in [2.45, 2.75) is 38.5 Å². The maximum atomic E-state index is 14.2. The molecular weight excluding hydrogens is 371 g/mol. The van der Waals surface area contributed by atoms with Crippen molar-refractivity contribution in [2.24, 2.45) is 0 Å². The first-order valence-electron chi connectivity index (χ1n) is 8.41. The molecule has 8 heteroatoms. The smallest absolute Gasteiger partial charge is 0.417 e. The van der Waals surface area contributed by atoms with Crippen LogP contribution in [-0.2, 0) is 9.53 Å². The fourth-order valence-electron chi connectivity index (χ4n) is 2.93. The highest BCUT2D eigenvalue weighted by Crippen LogP contribution is 2.33. The molecule has 1 saturated heterocycles. The van der Waals surface area contributed by atoms with Crippen molar-refractivity contribution in [3.05, 3.63) is 57.8 Å². The van der Waals surface area contributed by atoms with E-state index in [1.807, 2.05) is 18.2 Å². The number of aromatic nitrogens is 1. The Morgan fingerprint density at radius 2 is 2.15 bits per heavy atom. The molecule has 27 heavy (non-hydrogen) atoms. The third kappa shape index (κ3) is 4.23. The Balaban J connectivity index is 1.68. The Labute approximate surface area is 159 Å². The maximum Gasteiger partial charge on any atom is 0.417 e. The second-order valence-corrected chi connectivity index (χ2v) is 7.32. The van der Waals surface area contributed by atoms with E-state index in [1.54, 1.807) is 31.4 Å². The van der Waals surface area contributed by atoms with E-state index in [1.165, 1.54) is 11.3 Å². The molecule has 0 bridgehead atoms. The van der Waals surface area contributed by atoms with Crippen molar-refractivity contribution in [3.8, 4) is 0 Å². The zero-order chi connectivity index (χ0) is 19.6. The van der Waals surface area contributed by atoms with E-state index in [4.69, 9.17) is 4.74 Å². The van der Waals surface area contributed by atoms with Gasteiger partial charge in [0, 0.05) is 5.38 Å². The quantitative estimate of drug-likeness (QED) is 0.843. The van der Waals surface area contributed by atoms with Crippen molar-refractivity contribution in [3.63, 3.8) is 0 Å². The van der Waals surface area contributed by atoms with Gasteiger partial charge in [0.25, 0.3) is 0 Å². The maximum absolute atomic E-state index is 14.2. The number of hydrogen-bond acceptors (Lipinski definition) is 6. The summed E-state index contributed by atoms with van der Waals surface area (Å²) in [5, 5.41) is 12.4. The van der Waals surface area contributed by atoms with Gasteiger partial charge in [-0.1, -0.05) is 30.3 Å². The van der Waals surface area contributed by atoms with Crippen LogP contribution in [0.15, 0.2) is 41.5 Å².